The number of hydrogen-bond acceptors (Lipinski definition) is 2. The molecule has 0 fully saturated rings. The molecule has 7 heteroatoms. The predicted molar refractivity (Wildman–Crippen MR) is 173 cm³/mol. The molecule has 198 valence electrons. The van der Waals surface area contributed by atoms with Crippen molar-refractivity contribution in [1.82, 2.24) is 4.98 Å². The number of anilines is 1. The van der Waals surface area contributed by atoms with Crippen LogP contribution >= 0.6 is 0 Å². The van der Waals surface area contributed by atoms with E-state index in [9.17, 15) is 0 Å². The summed E-state index contributed by atoms with van der Waals surface area (Å²) in [4.78, 5) is 5.94. The molecule has 6 radical (unpaired) electrons. The number of aromatic nitrogens is 1. The van der Waals surface area contributed by atoms with Crippen LogP contribution in [-0.4, -0.2) is 92.5 Å². The van der Waals surface area contributed by atoms with Gasteiger partial charge in [0.15, 0.2) is 15.2 Å². The van der Waals surface area contributed by atoms with Gasteiger partial charge in [-0.1, -0.05) is 39.3 Å². The maximum absolute atomic E-state index is 3.90. The zero-order valence-corrected chi connectivity index (χ0v) is 34.9. The summed E-state index contributed by atoms with van der Waals surface area (Å²) in [5, 5.41) is 0. The number of nitrogens with zero attached hydrogens (tertiary/aromatic N) is 2. The SMILES string of the molecule is CN(C)c1ccncc1.C[C](C)(C)[Ga]([C](C)(C)C)[C](C)(C)C.C[Si](C)C.C[Si](C)C.[CH3][Al][CH3].[Sb]. The predicted octanol–water partition coefficient (Wildman–Crippen LogP) is 9.18. The zero-order chi connectivity index (χ0) is 27.6. The summed E-state index contributed by atoms with van der Waals surface area (Å²) >= 11 is -0.583. The van der Waals surface area contributed by atoms with Crippen LogP contribution in [0.15, 0.2) is 24.5 Å². The Morgan fingerprint density at radius 3 is 0.971 bits per heavy atom. The molecule has 0 saturated heterocycles. The Balaban J connectivity index is -0.000000116. The van der Waals surface area contributed by atoms with Gasteiger partial charge in [-0.05, 0) is 12.1 Å². The summed E-state index contributed by atoms with van der Waals surface area (Å²) in [6.07, 6.45) is 3.57. The first-order valence-electron chi connectivity index (χ1n) is 12.4. The Kier molecular flexibility index (Phi) is 31.3. The molecular weight excluding hydrogens is 627 g/mol. The molecule has 0 amide bonds. The van der Waals surface area contributed by atoms with E-state index < -0.39 is 16.2 Å². The topological polar surface area (TPSA) is 16.1 Å². The van der Waals surface area contributed by atoms with Gasteiger partial charge in [-0.2, -0.15) is 0 Å². The van der Waals surface area contributed by atoms with Gasteiger partial charge < -0.3 is 4.90 Å². The van der Waals surface area contributed by atoms with Crippen LogP contribution in [-0.2, 0) is 0 Å². The second-order valence-corrected chi connectivity index (χ2v) is 33.1. The number of rotatable bonds is 1. The molecule has 0 aliphatic carbocycles. The Hall–Kier alpha value is 1.37. The van der Waals surface area contributed by atoms with E-state index in [2.05, 4.69) is 118 Å². The second kappa shape index (κ2) is 23.5. The average molecular weight is 688 g/mol. The van der Waals surface area contributed by atoms with Crippen LogP contribution in [0.25, 0.3) is 0 Å². The van der Waals surface area contributed by atoms with E-state index in [0.717, 1.165) is 15.2 Å². The summed E-state index contributed by atoms with van der Waals surface area (Å²) in [6.45, 7) is 35.6. The molecule has 0 aliphatic rings. The van der Waals surface area contributed by atoms with Crippen LogP contribution in [0.5, 0.6) is 0 Å². The van der Waals surface area contributed by atoms with Crippen molar-refractivity contribution in [3.63, 3.8) is 0 Å². The molecule has 0 aliphatic heterocycles. The molecule has 0 atom stereocenters. The summed E-state index contributed by atoms with van der Waals surface area (Å²) in [5.74, 6) is 4.42. The van der Waals surface area contributed by atoms with Crippen molar-refractivity contribution in [1.29, 1.82) is 0 Å². The van der Waals surface area contributed by atoms with Crippen LogP contribution in [0.2, 0.25) is 62.8 Å². The van der Waals surface area contributed by atoms with Crippen LogP contribution in [0.4, 0.5) is 5.69 Å². The molecule has 0 saturated carbocycles. The Labute approximate surface area is 250 Å². The minimum absolute atomic E-state index is 0. The fraction of sp³-hybridized carbons (Fsp3) is 0.815. The van der Waals surface area contributed by atoms with E-state index in [0.29, 0.717) is 11.9 Å². The van der Waals surface area contributed by atoms with E-state index in [1.165, 1.54) is 5.69 Å². The standard InChI is InChI=1S/C7H10N2.3C4H9.2C3H9Si.2CH3.Al.Ga.Sb/c1-9(2)7-3-5-8-6-4-7;5*1-4(2)3;;;;;/h3-6H,1-2H3;5*1-3H3;2*1H3;;;. The largest absolute Gasteiger partial charge is 0.191 e. The van der Waals surface area contributed by atoms with Gasteiger partial charge in [-0.3, -0.25) is 4.98 Å². The summed E-state index contributed by atoms with van der Waals surface area (Å²) < 4.78 is 1.72. The van der Waals surface area contributed by atoms with Gasteiger partial charge in [0.2, 0.25) is 0 Å². The van der Waals surface area contributed by atoms with E-state index in [1.54, 1.807) is 12.4 Å². The van der Waals surface area contributed by atoms with E-state index >= 15 is 0 Å². The monoisotopic (exact) mass is 686 g/mol. The first kappa shape index (κ1) is 45.3. The third-order valence-electron chi connectivity index (χ3n) is 3.78. The Bertz CT molecular complexity index is 493. The van der Waals surface area contributed by atoms with Crippen LogP contribution < -0.4 is 4.90 Å². The van der Waals surface area contributed by atoms with Gasteiger partial charge in [0.05, 0.1) is 0 Å². The zero-order valence-electron chi connectivity index (χ0n) is 26.8. The van der Waals surface area contributed by atoms with E-state index in [4.69, 9.17) is 0 Å². The molecule has 0 spiro atoms. The van der Waals surface area contributed by atoms with Gasteiger partial charge in [-0.15, -0.1) is 11.6 Å². The summed E-state index contributed by atoms with van der Waals surface area (Å²) in [5.41, 5.74) is 1.19. The van der Waals surface area contributed by atoms with Crippen molar-refractivity contribution in [2.75, 3.05) is 19.0 Å². The first-order chi connectivity index (χ1) is 14.5. The Morgan fingerprint density at radius 2 is 0.882 bits per heavy atom. The summed E-state index contributed by atoms with van der Waals surface area (Å²) in [7, 11) is 4.26. The third kappa shape index (κ3) is 35.5. The number of hydrogen-bond donors (Lipinski definition) is 0. The molecule has 0 N–H and O–H groups in total. The van der Waals surface area contributed by atoms with Gasteiger partial charge in [0.25, 0.3) is 0 Å². The van der Waals surface area contributed by atoms with Crippen molar-refractivity contribution in [3.8, 4) is 0 Å². The quantitative estimate of drug-likeness (QED) is 0.274. The maximum atomic E-state index is 3.90. The van der Waals surface area contributed by atoms with Crippen molar-refractivity contribution < 1.29 is 0 Å². The minimum Gasteiger partial charge on any atom is -0.115 e. The van der Waals surface area contributed by atoms with Gasteiger partial charge >= 0.3 is 90.4 Å². The fourth-order valence-corrected chi connectivity index (χ4v) is 20.9. The summed E-state index contributed by atoms with van der Waals surface area (Å²) in [6, 6.07) is 3.94. The van der Waals surface area contributed by atoms with Crippen molar-refractivity contribution in [2.24, 2.45) is 0 Å². The molecule has 1 rings (SSSR count). The van der Waals surface area contributed by atoms with E-state index in [-0.39, 0.29) is 42.0 Å². The van der Waals surface area contributed by atoms with Gasteiger partial charge in [0, 0.05) is 74.2 Å². The normalized spacial score (nSPS) is 10.5. The molecule has 0 unspecified atom stereocenters. The molecule has 1 aromatic heterocycles. The van der Waals surface area contributed by atoms with Crippen molar-refractivity contribution >= 4 is 79.1 Å². The molecule has 1 aromatic rings. The van der Waals surface area contributed by atoms with Crippen molar-refractivity contribution in [2.45, 2.75) is 125 Å². The van der Waals surface area contributed by atoms with Crippen molar-refractivity contribution in [3.05, 3.63) is 24.5 Å². The molecule has 34 heavy (non-hydrogen) atoms. The molecular formula is C27H61AlGaN2SbSi2. The van der Waals surface area contributed by atoms with Crippen LogP contribution in [0.1, 0.15) is 62.3 Å². The molecule has 0 bridgehead atoms. The smallest absolute Gasteiger partial charge is 0.115 e. The minimum atomic E-state index is -1.33. The number of pyridine rings is 1. The van der Waals surface area contributed by atoms with Gasteiger partial charge in [-0.25, -0.2) is 0 Å². The van der Waals surface area contributed by atoms with Crippen LogP contribution in [0, 0.1) is 0 Å². The van der Waals surface area contributed by atoms with Gasteiger partial charge in [0.1, 0.15) is 0 Å². The van der Waals surface area contributed by atoms with Crippen LogP contribution in [0.3, 0.4) is 0 Å². The maximum Gasteiger partial charge on any atom is 0.191 e. The third-order valence-corrected chi connectivity index (χ3v) is 14.7. The first-order valence-corrected chi connectivity index (χ1v) is 24.3. The molecule has 0 aromatic carbocycles. The Morgan fingerprint density at radius 1 is 0.676 bits per heavy atom. The molecule has 1 heterocycles. The second-order valence-electron chi connectivity index (χ2n) is 13.2. The average Bonchev–Trinajstić information content (AvgIpc) is 2.51. The fourth-order valence-electron chi connectivity index (χ4n) is 4.54. The van der Waals surface area contributed by atoms with E-state index in [1.807, 2.05) is 31.1 Å². The molecule has 2 nitrogen and oxygen atoms in total.